The molecule has 0 aliphatic heterocycles. The molecule has 0 radical (unpaired) electrons. The molecule has 1 aromatic carbocycles. The van der Waals surface area contributed by atoms with Crippen LogP contribution in [0, 0.1) is 13.8 Å². The SMILES string of the molecule is CCSc1ccc(NC(=O)/C=C/c2ccc(OCc3c(C)noc3C)c(OC)c2)cn1. The maximum Gasteiger partial charge on any atom is 0.248 e. The summed E-state index contributed by atoms with van der Waals surface area (Å²) in [6.07, 6.45) is 4.83. The van der Waals surface area contributed by atoms with E-state index in [2.05, 4.69) is 22.4 Å². The van der Waals surface area contributed by atoms with Crippen LogP contribution in [0.1, 0.15) is 29.5 Å². The highest BCUT2D eigenvalue weighted by Crippen LogP contribution is 2.30. The van der Waals surface area contributed by atoms with E-state index >= 15 is 0 Å². The number of benzene rings is 1. The molecule has 0 unspecified atom stereocenters. The van der Waals surface area contributed by atoms with Crippen LogP contribution in [0.15, 0.2) is 52.2 Å². The molecule has 0 aliphatic rings. The van der Waals surface area contributed by atoms with Crippen LogP contribution in [0.4, 0.5) is 5.69 Å². The summed E-state index contributed by atoms with van der Waals surface area (Å²) >= 11 is 1.65. The summed E-state index contributed by atoms with van der Waals surface area (Å²) < 4.78 is 16.5. The third-order valence-corrected chi connectivity index (χ3v) is 5.29. The van der Waals surface area contributed by atoms with Gasteiger partial charge in [-0.25, -0.2) is 4.98 Å². The van der Waals surface area contributed by atoms with Crippen LogP contribution in [-0.2, 0) is 11.4 Å². The predicted molar refractivity (Wildman–Crippen MR) is 122 cm³/mol. The third kappa shape index (κ3) is 6.11. The normalized spacial score (nSPS) is 11.0. The molecule has 0 aliphatic carbocycles. The largest absolute Gasteiger partial charge is 0.493 e. The van der Waals surface area contributed by atoms with Crippen molar-refractivity contribution in [2.24, 2.45) is 0 Å². The van der Waals surface area contributed by atoms with Gasteiger partial charge in [-0.05, 0) is 55.5 Å². The molecule has 0 fully saturated rings. The molecule has 3 aromatic rings. The van der Waals surface area contributed by atoms with E-state index in [1.807, 2.05) is 44.2 Å². The van der Waals surface area contributed by atoms with Crippen LogP contribution in [0.25, 0.3) is 6.08 Å². The van der Waals surface area contributed by atoms with Gasteiger partial charge >= 0.3 is 0 Å². The van der Waals surface area contributed by atoms with Crippen LogP contribution in [-0.4, -0.2) is 28.9 Å². The fourth-order valence-electron chi connectivity index (χ4n) is 2.81. The first-order valence-electron chi connectivity index (χ1n) is 9.80. The van der Waals surface area contributed by atoms with Gasteiger partial charge in [-0.15, -0.1) is 11.8 Å². The van der Waals surface area contributed by atoms with E-state index in [4.69, 9.17) is 14.0 Å². The lowest BCUT2D eigenvalue weighted by Gasteiger charge is -2.11. The monoisotopic (exact) mass is 439 g/mol. The molecular formula is C23H25N3O4S. The number of aryl methyl sites for hydroxylation is 2. The number of aromatic nitrogens is 2. The summed E-state index contributed by atoms with van der Waals surface area (Å²) in [7, 11) is 1.58. The molecule has 1 N–H and O–H groups in total. The van der Waals surface area contributed by atoms with Crippen molar-refractivity contribution in [3.8, 4) is 11.5 Å². The highest BCUT2D eigenvalue weighted by atomic mass is 32.2. The van der Waals surface area contributed by atoms with E-state index in [0.717, 1.165) is 33.4 Å². The molecule has 7 nitrogen and oxygen atoms in total. The van der Waals surface area contributed by atoms with Crippen LogP contribution >= 0.6 is 11.8 Å². The molecule has 2 heterocycles. The van der Waals surface area contributed by atoms with E-state index in [0.29, 0.717) is 23.8 Å². The zero-order valence-corrected chi connectivity index (χ0v) is 18.8. The number of hydrogen-bond donors (Lipinski definition) is 1. The van der Waals surface area contributed by atoms with Gasteiger partial charge in [0.15, 0.2) is 11.5 Å². The van der Waals surface area contributed by atoms with Gasteiger partial charge in [0.25, 0.3) is 0 Å². The number of pyridine rings is 1. The maximum atomic E-state index is 12.2. The van der Waals surface area contributed by atoms with Crippen molar-refractivity contribution < 1.29 is 18.8 Å². The number of thioether (sulfide) groups is 1. The number of anilines is 1. The summed E-state index contributed by atoms with van der Waals surface area (Å²) in [6, 6.07) is 9.20. The fraction of sp³-hybridized carbons (Fsp3) is 0.261. The number of carbonyl (C=O) groups is 1. The lowest BCUT2D eigenvalue weighted by molar-refractivity contribution is -0.111. The second kappa shape index (κ2) is 10.7. The average molecular weight is 440 g/mol. The smallest absolute Gasteiger partial charge is 0.248 e. The molecule has 0 spiro atoms. The summed E-state index contributed by atoms with van der Waals surface area (Å²) in [5, 5.41) is 7.66. The van der Waals surface area contributed by atoms with Gasteiger partial charge in [0.05, 0.1) is 35.3 Å². The lowest BCUT2D eigenvalue weighted by Crippen LogP contribution is -2.07. The van der Waals surface area contributed by atoms with Gasteiger partial charge in [-0.1, -0.05) is 18.1 Å². The van der Waals surface area contributed by atoms with Crippen LogP contribution in [0.3, 0.4) is 0 Å². The van der Waals surface area contributed by atoms with E-state index in [1.165, 1.54) is 6.08 Å². The highest BCUT2D eigenvalue weighted by Gasteiger charge is 2.12. The summed E-state index contributed by atoms with van der Waals surface area (Å²) in [5.41, 5.74) is 3.18. The van der Waals surface area contributed by atoms with Crippen molar-refractivity contribution in [2.75, 3.05) is 18.2 Å². The Morgan fingerprint density at radius 2 is 2.06 bits per heavy atom. The number of rotatable bonds is 9. The number of hydrogen-bond acceptors (Lipinski definition) is 7. The molecule has 0 saturated heterocycles. The minimum absolute atomic E-state index is 0.240. The van der Waals surface area contributed by atoms with Crippen molar-refractivity contribution >= 4 is 29.4 Å². The van der Waals surface area contributed by atoms with Gasteiger partial charge < -0.3 is 19.3 Å². The topological polar surface area (TPSA) is 86.5 Å². The van der Waals surface area contributed by atoms with Crippen molar-refractivity contribution in [3.05, 3.63) is 65.2 Å². The molecular weight excluding hydrogens is 414 g/mol. The van der Waals surface area contributed by atoms with Crippen molar-refractivity contribution in [1.29, 1.82) is 0 Å². The van der Waals surface area contributed by atoms with E-state index in [9.17, 15) is 4.79 Å². The first-order valence-corrected chi connectivity index (χ1v) is 10.8. The van der Waals surface area contributed by atoms with Gasteiger partial charge in [-0.3, -0.25) is 4.79 Å². The average Bonchev–Trinajstić information content (AvgIpc) is 3.10. The number of methoxy groups -OCH3 is 1. The molecule has 8 heteroatoms. The summed E-state index contributed by atoms with van der Waals surface area (Å²) in [6.45, 7) is 6.13. The molecule has 31 heavy (non-hydrogen) atoms. The van der Waals surface area contributed by atoms with Crippen LogP contribution < -0.4 is 14.8 Å². The lowest BCUT2D eigenvalue weighted by atomic mass is 10.2. The molecule has 0 atom stereocenters. The van der Waals surface area contributed by atoms with Gasteiger partial charge in [0.2, 0.25) is 5.91 Å². The fourth-order valence-corrected chi connectivity index (χ4v) is 3.40. The third-order valence-electron chi connectivity index (χ3n) is 4.46. The van der Waals surface area contributed by atoms with Gasteiger partial charge in [0, 0.05) is 6.08 Å². The Hall–Kier alpha value is -3.26. The number of carbonyl (C=O) groups excluding carboxylic acids is 1. The minimum Gasteiger partial charge on any atom is -0.493 e. The van der Waals surface area contributed by atoms with E-state index in [-0.39, 0.29) is 5.91 Å². The predicted octanol–water partition coefficient (Wildman–Crippen LogP) is 5.04. The van der Waals surface area contributed by atoms with Gasteiger partial charge in [0.1, 0.15) is 12.4 Å². The molecule has 3 rings (SSSR count). The molecule has 0 bridgehead atoms. The first-order chi connectivity index (χ1) is 15.0. The Labute approximate surface area is 185 Å². The Morgan fingerprint density at radius 1 is 1.23 bits per heavy atom. The zero-order valence-electron chi connectivity index (χ0n) is 18.0. The number of amides is 1. The molecule has 1 amide bonds. The standard InChI is InChI=1S/C23H25N3O4S/c1-5-31-23-11-8-18(13-24-23)25-22(27)10-7-17-6-9-20(21(12-17)28-4)29-14-19-15(2)26-30-16(19)3/h6-13H,5,14H2,1-4H3,(H,25,27)/b10-7+. The Balaban J connectivity index is 1.62. The van der Waals surface area contributed by atoms with Crippen LogP contribution in [0.2, 0.25) is 0 Å². The highest BCUT2D eigenvalue weighted by molar-refractivity contribution is 7.99. The van der Waals surface area contributed by atoms with Crippen LogP contribution in [0.5, 0.6) is 11.5 Å². The number of nitrogens with one attached hydrogen (secondary N) is 1. The van der Waals surface area contributed by atoms with E-state index in [1.54, 1.807) is 31.1 Å². The molecule has 162 valence electrons. The van der Waals surface area contributed by atoms with Crippen molar-refractivity contribution in [1.82, 2.24) is 10.1 Å². The van der Waals surface area contributed by atoms with Crippen molar-refractivity contribution in [2.45, 2.75) is 32.4 Å². The van der Waals surface area contributed by atoms with Gasteiger partial charge in [-0.2, -0.15) is 0 Å². The van der Waals surface area contributed by atoms with Crippen molar-refractivity contribution in [3.63, 3.8) is 0 Å². The second-order valence-corrected chi connectivity index (χ2v) is 7.93. The Kier molecular flexibility index (Phi) is 7.72. The quantitative estimate of drug-likeness (QED) is 0.369. The van der Waals surface area contributed by atoms with E-state index < -0.39 is 0 Å². The number of nitrogens with zero attached hydrogens (tertiary/aromatic N) is 2. The Bertz CT molecular complexity index is 1040. The molecule has 0 saturated carbocycles. The molecule has 2 aromatic heterocycles. The summed E-state index contributed by atoms with van der Waals surface area (Å²) in [5.74, 6) is 2.61. The first kappa shape index (κ1) is 22.4. The summed E-state index contributed by atoms with van der Waals surface area (Å²) in [4.78, 5) is 16.5. The zero-order chi connectivity index (χ0) is 22.2. The second-order valence-electron chi connectivity index (χ2n) is 6.64. The maximum absolute atomic E-state index is 12.2. The minimum atomic E-state index is -0.240. The Morgan fingerprint density at radius 3 is 2.71 bits per heavy atom. The number of ether oxygens (including phenoxy) is 2.